The Hall–Kier alpha value is -2.15. The van der Waals surface area contributed by atoms with Crippen molar-refractivity contribution in [2.24, 2.45) is 0 Å². The number of non-ortho nitro benzene ring substituents is 1. The molecule has 1 N–H and O–H groups in total. The summed E-state index contributed by atoms with van der Waals surface area (Å²) >= 11 is 0. The largest absolute Gasteiger partial charge is 0.395 e. The highest BCUT2D eigenvalue weighted by Crippen LogP contribution is 2.25. The van der Waals surface area contributed by atoms with E-state index >= 15 is 0 Å². The van der Waals surface area contributed by atoms with E-state index in [4.69, 9.17) is 5.11 Å². The predicted octanol–water partition coefficient (Wildman–Crippen LogP) is 0.725. The van der Waals surface area contributed by atoms with Crippen LogP contribution in [0, 0.1) is 10.1 Å². The fourth-order valence-electron chi connectivity index (χ4n) is 1.66. The number of rotatable bonds is 5. The first-order valence-corrected chi connectivity index (χ1v) is 5.70. The average Bonchev–Trinajstić information content (AvgIpc) is 2.37. The minimum Gasteiger partial charge on any atom is -0.395 e. The number of nitro benzene ring substituents is 1. The Balaban J connectivity index is 3.24. The zero-order valence-corrected chi connectivity index (χ0v) is 11.2. The van der Waals surface area contributed by atoms with Crippen molar-refractivity contribution >= 4 is 17.3 Å². The van der Waals surface area contributed by atoms with Gasteiger partial charge in [0, 0.05) is 45.5 Å². The molecule has 0 heterocycles. The van der Waals surface area contributed by atoms with Gasteiger partial charge in [-0.2, -0.15) is 0 Å². The maximum atomic E-state index is 12.2. The molecule has 0 spiro atoms. The molecule has 0 saturated heterocycles. The number of carbonyl (C=O) groups is 1. The van der Waals surface area contributed by atoms with Gasteiger partial charge < -0.3 is 14.9 Å². The Kier molecular flexibility index (Phi) is 4.82. The first-order valence-electron chi connectivity index (χ1n) is 5.70. The van der Waals surface area contributed by atoms with Crippen LogP contribution in [0.25, 0.3) is 0 Å². The number of carbonyl (C=O) groups excluding carboxylic acids is 1. The summed E-state index contributed by atoms with van der Waals surface area (Å²) in [6.45, 7) is 0.0167. The van der Waals surface area contributed by atoms with Crippen molar-refractivity contribution < 1.29 is 14.8 Å². The van der Waals surface area contributed by atoms with Crippen LogP contribution in [0.15, 0.2) is 18.2 Å². The number of aliphatic hydroxyl groups is 1. The maximum Gasteiger partial charge on any atom is 0.270 e. The van der Waals surface area contributed by atoms with E-state index in [1.54, 1.807) is 19.0 Å². The smallest absolute Gasteiger partial charge is 0.270 e. The molecule has 1 rings (SSSR count). The molecule has 1 amide bonds. The molecular weight excluding hydrogens is 250 g/mol. The molecule has 0 aliphatic carbocycles. The van der Waals surface area contributed by atoms with E-state index in [0.717, 1.165) is 0 Å². The van der Waals surface area contributed by atoms with Crippen molar-refractivity contribution in [1.82, 2.24) is 4.90 Å². The Morgan fingerprint density at radius 3 is 2.47 bits per heavy atom. The van der Waals surface area contributed by atoms with Crippen LogP contribution in [0.4, 0.5) is 11.4 Å². The average molecular weight is 267 g/mol. The van der Waals surface area contributed by atoms with Crippen molar-refractivity contribution in [3.63, 3.8) is 0 Å². The SMILES string of the molecule is CN(CCO)C(=O)c1cc([N+](=O)[O-])ccc1N(C)C. The lowest BCUT2D eigenvalue weighted by Gasteiger charge is -2.21. The van der Waals surface area contributed by atoms with Crippen LogP contribution in [-0.4, -0.2) is 55.1 Å². The minimum absolute atomic E-state index is 0.133. The standard InChI is InChI=1S/C12H17N3O4/c1-13(2)11-5-4-9(15(18)19)8-10(11)12(17)14(3)6-7-16/h4-5,8,16H,6-7H2,1-3H3. The van der Waals surface area contributed by atoms with Gasteiger partial charge in [-0.3, -0.25) is 14.9 Å². The Morgan fingerprint density at radius 2 is 2.00 bits per heavy atom. The number of anilines is 1. The first kappa shape index (κ1) is 14.9. The van der Waals surface area contributed by atoms with Crippen molar-refractivity contribution in [2.45, 2.75) is 0 Å². The molecule has 0 radical (unpaired) electrons. The highest BCUT2D eigenvalue weighted by molar-refractivity contribution is 6.00. The topological polar surface area (TPSA) is 86.9 Å². The molecule has 0 fully saturated rings. The summed E-state index contributed by atoms with van der Waals surface area (Å²) < 4.78 is 0. The molecular formula is C12H17N3O4. The van der Waals surface area contributed by atoms with Crippen molar-refractivity contribution in [3.05, 3.63) is 33.9 Å². The summed E-state index contributed by atoms with van der Waals surface area (Å²) in [4.78, 5) is 25.5. The second kappa shape index (κ2) is 6.14. The minimum atomic E-state index is -0.539. The summed E-state index contributed by atoms with van der Waals surface area (Å²) in [7, 11) is 5.05. The zero-order valence-electron chi connectivity index (χ0n) is 11.2. The second-order valence-electron chi connectivity index (χ2n) is 4.30. The number of benzene rings is 1. The van der Waals surface area contributed by atoms with E-state index in [1.165, 1.54) is 30.1 Å². The van der Waals surface area contributed by atoms with Crippen LogP contribution in [0.2, 0.25) is 0 Å². The Labute approximate surface area is 111 Å². The van der Waals surface area contributed by atoms with Gasteiger partial charge in [0.25, 0.3) is 11.6 Å². The van der Waals surface area contributed by atoms with Crippen LogP contribution in [0.3, 0.4) is 0 Å². The number of likely N-dealkylation sites (N-methyl/N-ethyl adjacent to an activating group) is 1. The van der Waals surface area contributed by atoms with Crippen LogP contribution >= 0.6 is 0 Å². The fraction of sp³-hybridized carbons (Fsp3) is 0.417. The lowest BCUT2D eigenvalue weighted by Crippen LogP contribution is -2.30. The van der Waals surface area contributed by atoms with Gasteiger partial charge >= 0.3 is 0 Å². The van der Waals surface area contributed by atoms with E-state index in [-0.39, 0.29) is 30.3 Å². The molecule has 1 aromatic rings. The maximum absolute atomic E-state index is 12.2. The molecule has 0 aliphatic rings. The molecule has 0 aliphatic heterocycles. The van der Waals surface area contributed by atoms with Crippen molar-refractivity contribution in [1.29, 1.82) is 0 Å². The second-order valence-corrected chi connectivity index (χ2v) is 4.30. The van der Waals surface area contributed by atoms with Gasteiger partial charge in [0.05, 0.1) is 17.1 Å². The monoisotopic (exact) mass is 267 g/mol. The van der Waals surface area contributed by atoms with Gasteiger partial charge in [-0.1, -0.05) is 0 Å². The number of nitro groups is 1. The van der Waals surface area contributed by atoms with E-state index in [9.17, 15) is 14.9 Å². The van der Waals surface area contributed by atoms with Crippen molar-refractivity contribution in [3.8, 4) is 0 Å². The molecule has 104 valence electrons. The number of nitrogens with zero attached hydrogens (tertiary/aromatic N) is 3. The third kappa shape index (κ3) is 3.41. The lowest BCUT2D eigenvalue weighted by molar-refractivity contribution is -0.384. The molecule has 19 heavy (non-hydrogen) atoms. The first-order chi connectivity index (χ1) is 8.88. The number of hydrogen-bond acceptors (Lipinski definition) is 5. The quantitative estimate of drug-likeness (QED) is 0.627. The fourth-order valence-corrected chi connectivity index (χ4v) is 1.66. The Bertz CT molecular complexity index is 488. The molecule has 0 bridgehead atoms. The van der Waals surface area contributed by atoms with Gasteiger partial charge in [-0.25, -0.2) is 0 Å². The number of amides is 1. The summed E-state index contributed by atoms with van der Waals surface area (Å²) in [6, 6.07) is 4.15. The van der Waals surface area contributed by atoms with Crippen LogP contribution in [-0.2, 0) is 0 Å². The molecule has 7 heteroatoms. The molecule has 0 atom stereocenters. The summed E-state index contributed by atoms with van der Waals surface area (Å²) in [5.41, 5.74) is 0.710. The summed E-state index contributed by atoms with van der Waals surface area (Å²) in [6.07, 6.45) is 0. The van der Waals surface area contributed by atoms with Gasteiger partial charge in [-0.15, -0.1) is 0 Å². The molecule has 0 unspecified atom stereocenters. The molecule has 0 aromatic heterocycles. The van der Waals surface area contributed by atoms with E-state index < -0.39 is 4.92 Å². The number of aliphatic hydroxyl groups excluding tert-OH is 1. The molecule has 0 saturated carbocycles. The highest BCUT2D eigenvalue weighted by atomic mass is 16.6. The van der Waals surface area contributed by atoms with E-state index in [1.807, 2.05) is 0 Å². The van der Waals surface area contributed by atoms with Gasteiger partial charge in [0.1, 0.15) is 0 Å². The third-order valence-corrected chi connectivity index (χ3v) is 2.69. The van der Waals surface area contributed by atoms with E-state index in [2.05, 4.69) is 0 Å². The van der Waals surface area contributed by atoms with Crippen molar-refractivity contribution in [2.75, 3.05) is 39.2 Å². The Morgan fingerprint density at radius 1 is 1.37 bits per heavy atom. The summed E-state index contributed by atoms with van der Waals surface area (Å²) in [5.74, 6) is -0.360. The van der Waals surface area contributed by atoms with Gasteiger partial charge in [0.15, 0.2) is 0 Å². The van der Waals surface area contributed by atoms with Crippen LogP contribution < -0.4 is 4.90 Å². The van der Waals surface area contributed by atoms with Gasteiger partial charge in [-0.05, 0) is 6.07 Å². The third-order valence-electron chi connectivity index (χ3n) is 2.69. The highest BCUT2D eigenvalue weighted by Gasteiger charge is 2.20. The summed E-state index contributed by atoms with van der Waals surface area (Å²) in [5, 5.41) is 19.6. The van der Waals surface area contributed by atoms with Gasteiger partial charge in [0.2, 0.25) is 0 Å². The normalized spacial score (nSPS) is 10.1. The van der Waals surface area contributed by atoms with Crippen LogP contribution in [0.1, 0.15) is 10.4 Å². The number of hydrogen-bond donors (Lipinski definition) is 1. The molecule has 7 nitrogen and oxygen atoms in total. The van der Waals surface area contributed by atoms with Crippen LogP contribution in [0.5, 0.6) is 0 Å². The zero-order chi connectivity index (χ0) is 14.6. The predicted molar refractivity (Wildman–Crippen MR) is 71.5 cm³/mol. The molecule has 1 aromatic carbocycles. The van der Waals surface area contributed by atoms with E-state index in [0.29, 0.717) is 5.69 Å². The lowest BCUT2D eigenvalue weighted by atomic mass is 10.1.